The van der Waals surface area contributed by atoms with Gasteiger partial charge in [-0.25, -0.2) is 0 Å². The third kappa shape index (κ3) is 6.03. The molecule has 0 saturated heterocycles. The summed E-state index contributed by atoms with van der Waals surface area (Å²) in [5, 5.41) is 17.8. The van der Waals surface area contributed by atoms with Gasteiger partial charge in [0.1, 0.15) is 12.7 Å². The average Bonchev–Trinajstić information content (AvgIpc) is 2.22. The van der Waals surface area contributed by atoms with Gasteiger partial charge in [-0.3, -0.25) is 4.79 Å². The summed E-state index contributed by atoms with van der Waals surface area (Å²) in [4.78, 5) is 12.0. The van der Waals surface area contributed by atoms with Crippen molar-refractivity contribution in [2.24, 2.45) is 10.8 Å². The first kappa shape index (κ1) is 16.4. The summed E-state index contributed by atoms with van der Waals surface area (Å²) >= 11 is 0. The van der Waals surface area contributed by atoms with Gasteiger partial charge in [0.15, 0.2) is 0 Å². The second-order valence-electron chi connectivity index (χ2n) is 6.09. The molecule has 0 bridgehead atoms. The maximum absolute atomic E-state index is 12.0. The fourth-order valence-electron chi connectivity index (χ4n) is 1.91. The van der Waals surface area contributed by atoms with E-state index in [1.807, 2.05) is 13.8 Å². The van der Waals surface area contributed by atoms with Gasteiger partial charge in [0.2, 0.25) is 0 Å². The number of carbonyl (C=O) groups is 1. The van der Waals surface area contributed by atoms with Crippen LogP contribution >= 0.6 is 0 Å². The molecule has 2 N–H and O–H groups in total. The van der Waals surface area contributed by atoms with Gasteiger partial charge >= 0.3 is 5.97 Å². The molecule has 4 nitrogen and oxygen atoms in total. The minimum absolute atomic E-state index is 0.0410. The van der Waals surface area contributed by atoms with Gasteiger partial charge in [-0.1, -0.05) is 27.7 Å². The van der Waals surface area contributed by atoms with Crippen molar-refractivity contribution in [2.75, 3.05) is 13.2 Å². The fraction of sp³-hybridized carbons (Fsp3) is 0.923. The van der Waals surface area contributed by atoms with E-state index in [0.29, 0.717) is 6.42 Å². The first-order valence-corrected chi connectivity index (χ1v) is 6.11. The summed E-state index contributed by atoms with van der Waals surface area (Å²) in [5.74, 6) is -0.303. The summed E-state index contributed by atoms with van der Waals surface area (Å²) in [6.45, 7) is 9.54. The van der Waals surface area contributed by atoms with E-state index in [2.05, 4.69) is 20.8 Å². The Balaban J connectivity index is 4.48. The summed E-state index contributed by atoms with van der Waals surface area (Å²) in [6, 6.07) is 0. The normalized spacial score (nSPS) is 17.4. The molecular weight excluding hydrogens is 220 g/mol. The quantitative estimate of drug-likeness (QED) is 0.700. The average molecular weight is 246 g/mol. The Labute approximate surface area is 104 Å². The standard InChI is InChI=1S/C13H26O4/c1-6-13(5,9-12(2,3)4)11(16)17-8-10(15)7-14/h10,14-15H,6-9H2,1-5H3. The highest BCUT2D eigenvalue weighted by atomic mass is 16.5. The lowest BCUT2D eigenvalue weighted by Crippen LogP contribution is -2.35. The monoisotopic (exact) mass is 246 g/mol. The Morgan fingerprint density at radius 1 is 1.29 bits per heavy atom. The Kier molecular flexibility index (Phi) is 6.13. The van der Waals surface area contributed by atoms with Crippen molar-refractivity contribution < 1.29 is 19.7 Å². The molecule has 0 aromatic heterocycles. The van der Waals surface area contributed by atoms with Crippen molar-refractivity contribution in [2.45, 2.75) is 53.6 Å². The van der Waals surface area contributed by atoms with Crippen molar-refractivity contribution >= 4 is 5.97 Å². The summed E-state index contributed by atoms with van der Waals surface area (Å²) in [5.41, 5.74) is -0.493. The van der Waals surface area contributed by atoms with Crippen LogP contribution in [0.2, 0.25) is 0 Å². The van der Waals surface area contributed by atoms with Crippen molar-refractivity contribution in [1.29, 1.82) is 0 Å². The number of esters is 1. The van der Waals surface area contributed by atoms with Crippen LogP contribution in [-0.4, -0.2) is 35.5 Å². The van der Waals surface area contributed by atoms with Crippen LogP contribution in [0.15, 0.2) is 0 Å². The number of rotatable bonds is 6. The number of hydrogen-bond acceptors (Lipinski definition) is 4. The fourth-order valence-corrected chi connectivity index (χ4v) is 1.91. The molecule has 0 aromatic carbocycles. The predicted molar refractivity (Wildman–Crippen MR) is 66.5 cm³/mol. The van der Waals surface area contributed by atoms with Gasteiger partial charge in [-0.05, 0) is 25.2 Å². The van der Waals surface area contributed by atoms with Crippen molar-refractivity contribution in [3.05, 3.63) is 0 Å². The van der Waals surface area contributed by atoms with Crippen LogP contribution in [-0.2, 0) is 9.53 Å². The Morgan fingerprint density at radius 2 is 1.82 bits per heavy atom. The second kappa shape index (κ2) is 6.36. The number of carbonyl (C=O) groups excluding carboxylic acids is 1. The number of ether oxygens (including phenoxy) is 1. The summed E-state index contributed by atoms with van der Waals surface area (Å²) < 4.78 is 5.05. The lowest BCUT2D eigenvalue weighted by Gasteiger charge is -2.33. The van der Waals surface area contributed by atoms with E-state index >= 15 is 0 Å². The summed E-state index contributed by atoms with van der Waals surface area (Å²) in [7, 11) is 0. The lowest BCUT2D eigenvalue weighted by molar-refractivity contribution is -0.160. The van der Waals surface area contributed by atoms with Crippen LogP contribution in [0.25, 0.3) is 0 Å². The first-order valence-electron chi connectivity index (χ1n) is 6.11. The molecule has 102 valence electrons. The topological polar surface area (TPSA) is 66.8 Å². The van der Waals surface area contributed by atoms with Crippen LogP contribution in [0.5, 0.6) is 0 Å². The smallest absolute Gasteiger partial charge is 0.311 e. The highest BCUT2D eigenvalue weighted by Gasteiger charge is 2.37. The van der Waals surface area contributed by atoms with Crippen LogP contribution in [0.1, 0.15) is 47.5 Å². The SMILES string of the molecule is CCC(C)(CC(C)(C)C)C(=O)OCC(O)CO. The molecule has 0 spiro atoms. The third-order valence-corrected chi connectivity index (χ3v) is 2.81. The van der Waals surface area contributed by atoms with E-state index in [1.165, 1.54) is 0 Å². The number of aliphatic hydroxyl groups is 2. The second-order valence-corrected chi connectivity index (χ2v) is 6.09. The van der Waals surface area contributed by atoms with Crippen LogP contribution in [0.3, 0.4) is 0 Å². The van der Waals surface area contributed by atoms with Crippen LogP contribution in [0, 0.1) is 10.8 Å². The molecule has 0 amide bonds. The molecule has 0 rings (SSSR count). The lowest BCUT2D eigenvalue weighted by atomic mass is 9.73. The van der Waals surface area contributed by atoms with Crippen molar-refractivity contribution in [3.8, 4) is 0 Å². The van der Waals surface area contributed by atoms with E-state index in [1.54, 1.807) is 0 Å². The minimum Gasteiger partial charge on any atom is -0.462 e. The van der Waals surface area contributed by atoms with Gasteiger partial charge in [-0.15, -0.1) is 0 Å². The largest absolute Gasteiger partial charge is 0.462 e. The van der Waals surface area contributed by atoms with Gasteiger partial charge in [-0.2, -0.15) is 0 Å². The zero-order valence-electron chi connectivity index (χ0n) is 11.6. The molecule has 2 unspecified atom stereocenters. The van der Waals surface area contributed by atoms with E-state index in [4.69, 9.17) is 14.9 Å². The Bertz CT molecular complexity index is 244. The molecule has 2 atom stereocenters. The van der Waals surface area contributed by atoms with E-state index < -0.39 is 18.1 Å². The highest BCUT2D eigenvalue weighted by Crippen LogP contribution is 2.37. The molecule has 4 heteroatoms. The van der Waals surface area contributed by atoms with Gasteiger partial charge < -0.3 is 14.9 Å². The van der Waals surface area contributed by atoms with Gasteiger partial charge in [0.05, 0.1) is 12.0 Å². The zero-order valence-corrected chi connectivity index (χ0v) is 11.6. The molecule has 0 aliphatic carbocycles. The molecule has 0 radical (unpaired) electrons. The third-order valence-electron chi connectivity index (χ3n) is 2.81. The van der Waals surface area contributed by atoms with E-state index in [-0.39, 0.29) is 18.0 Å². The van der Waals surface area contributed by atoms with E-state index in [9.17, 15) is 4.79 Å². The Hall–Kier alpha value is -0.610. The van der Waals surface area contributed by atoms with Gasteiger partial charge in [0.25, 0.3) is 0 Å². The van der Waals surface area contributed by atoms with E-state index in [0.717, 1.165) is 6.42 Å². The first-order chi connectivity index (χ1) is 7.64. The number of hydrogen-bond donors (Lipinski definition) is 2. The number of aliphatic hydroxyl groups excluding tert-OH is 2. The van der Waals surface area contributed by atoms with Crippen molar-refractivity contribution in [3.63, 3.8) is 0 Å². The molecule has 0 aliphatic heterocycles. The maximum atomic E-state index is 12.0. The molecule has 0 fully saturated rings. The summed E-state index contributed by atoms with van der Waals surface area (Å²) in [6.07, 6.45) is 0.428. The Morgan fingerprint density at radius 3 is 2.18 bits per heavy atom. The van der Waals surface area contributed by atoms with Gasteiger partial charge in [0, 0.05) is 0 Å². The zero-order chi connectivity index (χ0) is 13.7. The molecule has 17 heavy (non-hydrogen) atoms. The molecular formula is C13H26O4. The highest BCUT2D eigenvalue weighted by molar-refractivity contribution is 5.76. The minimum atomic E-state index is -0.991. The maximum Gasteiger partial charge on any atom is 0.311 e. The molecule has 0 aliphatic rings. The predicted octanol–water partition coefficient (Wildman–Crippen LogP) is 1.74. The van der Waals surface area contributed by atoms with Crippen LogP contribution in [0.4, 0.5) is 0 Å². The molecule has 0 aromatic rings. The molecule has 0 saturated carbocycles. The van der Waals surface area contributed by atoms with Crippen molar-refractivity contribution in [1.82, 2.24) is 0 Å². The van der Waals surface area contributed by atoms with Crippen LogP contribution < -0.4 is 0 Å². The molecule has 0 heterocycles.